The lowest BCUT2D eigenvalue weighted by Crippen LogP contribution is -2.68. The molecule has 122 valence electrons. The van der Waals surface area contributed by atoms with E-state index in [1.54, 1.807) is 0 Å². The van der Waals surface area contributed by atoms with Gasteiger partial charge in [-0.3, -0.25) is 4.79 Å². The van der Waals surface area contributed by atoms with Crippen LogP contribution in [0.25, 0.3) is 0 Å². The Bertz CT molecular complexity index is 403. The Morgan fingerprint density at radius 1 is 1.48 bits per heavy atom. The van der Waals surface area contributed by atoms with Gasteiger partial charge in [0.1, 0.15) is 24.3 Å². The number of ether oxygens (including phenoxy) is 1. The van der Waals surface area contributed by atoms with E-state index in [2.05, 4.69) is 5.32 Å². The van der Waals surface area contributed by atoms with E-state index in [0.717, 1.165) is 6.92 Å². The summed E-state index contributed by atoms with van der Waals surface area (Å²) >= 11 is 0. The number of aliphatic hydroxyl groups is 5. The summed E-state index contributed by atoms with van der Waals surface area (Å²) in [5.41, 5.74) is 0. The first kappa shape index (κ1) is 17.8. The van der Waals surface area contributed by atoms with Crippen LogP contribution in [0.5, 0.6) is 0 Å². The van der Waals surface area contributed by atoms with Crippen LogP contribution < -0.4 is 10.4 Å². The summed E-state index contributed by atoms with van der Waals surface area (Å²) in [6.45, 7) is 0.228. The Morgan fingerprint density at radius 2 is 2.05 bits per heavy atom. The molecule has 1 fully saturated rings. The van der Waals surface area contributed by atoms with Crippen LogP contribution in [0, 0.1) is 0 Å². The van der Waals surface area contributed by atoms with Crippen LogP contribution in [0.2, 0.25) is 0 Å². The SMILES string of the molecule is CC(=O)NC1C(O)CC(O)(C(=O)[O-])OC1[C@H](O)[C@H](O)CO. The molecule has 0 spiro atoms. The molecular weight excluding hydrogens is 290 g/mol. The predicted molar refractivity (Wildman–Crippen MR) is 62.2 cm³/mol. The van der Waals surface area contributed by atoms with Gasteiger partial charge in [0.05, 0.1) is 18.8 Å². The Morgan fingerprint density at radius 3 is 2.48 bits per heavy atom. The maximum atomic E-state index is 11.1. The number of nitrogens with one attached hydrogen (secondary N) is 1. The van der Waals surface area contributed by atoms with E-state index in [9.17, 15) is 35.1 Å². The highest BCUT2D eigenvalue weighted by atomic mass is 16.7. The van der Waals surface area contributed by atoms with Gasteiger partial charge in [0.15, 0.2) is 0 Å². The van der Waals surface area contributed by atoms with Gasteiger partial charge in [-0.2, -0.15) is 0 Å². The van der Waals surface area contributed by atoms with Crippen molar-refractivity contribution >= 4 is 11.9 Å². The molecule has 4 unspecified atom stereocenters. The smallest absolute Gasteiger partial charge is 0.217 e. The van der Waals surface area contributed by atoms with Crippen molar-refractivity contribution in [1.29, 1.82) is 0 Å². The van der Waals surface area contributed by atoms with Gasteiger partial charge in [0.25, 0.3) is 0 Å². The summed E-state index contributed by atoms with van der Waals surface area (Å²) in [5, 5.41) is 60.8. The third kappa shape index (κ3) is 3.87. The summed E-state index contributed by atoms with van der Waals surface area (Å²) in [6, 6.07) is -1.29. The second-order valence-corrected chi connectivity index (χ2v) is 4.89. The first-order chi connectivity index (χ1) is 9.62. The largest absolute Gasteiger partial charge is 0.544 e. The van der Waals surface area contributed by atoms with E-state index < -0.39 is 61.1 Å². The maximum absolute atomic E-state index is 11.1. The first-order valence-corrected chi connectivity index (χ1v) is 6.16. The zero-order chi connectivity index (χ0) is 16.4. The van der Waals surface area contributed by atoms with Gasteiger partial charge in [0.2, 0.25) is 11.7 Å². The summed E-state index contributed by atoms with van der Waals surface area (Å²) in [5.74, 6) is -5.55. The molecule has 21 heavy (non-hydrogen) atoms. The number of carbonyl (C=O) groups is 2. The molecule has 1 rings (SSSR count). The number of hydrogen-bond donors (Lipinski definition) is 6. The number of hydrogen-bond acceptors (Lipinski definition) is 9. The molecule has 6 N–H and O–H groups in total. The van der Waals surface area contributed by atoms with Gasteiger partial charge >= 0.3 is 0 Å². The minimum atomic E-state index is -2.89. The van der Waals surface area contributed by atoms with E-state index in [4.69, 9.17) is 9.84 Å². The van der Waals surface area contributed by atoms with Crippen LogP contribution in [0.4, 0.5) is 0 Å². The molecule has 10 nitrogen and oxygen atoms in total. The fourth-order valence-electron chi connectivity index (χ4n) is 2.13. The Labute approximate surface area is 119 Å². The lowest BCUT2D eigenvalue weighted by molar-refractivity contribution is -0.374. The van der Waals surface area contributed by atoms with Gasteiger partial charge < -0.3 is 45.5 Å². The molecule has 1 saturated heterocycles. The van der Waals surface area contributed by atoms with E-state index >= 15 is 0 Å². The molecule has 1 aliphatic rings. The van der Waals surface area contributed by atoms with Crippen molar-refractivity contribution in [3.05, 3.63) is 0 Å². The highest BCUT2D eigenvalue weighted by molar-refractivity contribution is 5.74. The normalized spacial score (nSPS) is 35.8. The fraction of sp³-hybridized carbons (Fsp3) is 0.818. The number of carboxylic acids is 1. The summed E-state index contributed by atoms with van der Waals surface area (Å²) < 4.78 is 4.80. The quantitative estimate of drug-likeness (QED) is 0.289. The minimum absolute atomic E-state index is 0.614. The van der Waals surface area contributed by atoms with E-state index in [0.29, 0.717) is 0 Å². The third-order valence-electron chi connectivity index (χ3n) is 3.19. The lowest BCUT2D eigenvalue weighted by Gasteiger charge is -2.46. The molecule has 0 aromatic heterocycles. The predicted octanol–water partition coefficient (Wildman–Crippen LogP) is -5.21. The zero-order valence-corrected chi connectivity index (χ0v) is 11.2. The average Bonchev–Trinajstić information content (AvgIpc) is 2.39. The average molecular weight is 308 g/mol. The number of amides is 1. The zero-order valence-electron chi connectivity index (χ0n) is 11.2. The Kier molecular flexibility index (Phi) is 5.61. The number of aliphatic carboxylic acids is 1. The summed E-state index contributed by atoms with van der Waals surface area (Å²) in [7, 11) is 0. The van der Waals surface area contributed by atoms with Gasteiger partial charge in [-0.05, 0) is 0 Å². The van der Waals surface area contributed by atoms with Crippen molar-refractivity contribution in [1.82, 2.24) is 5.32 Å². The standard InChI is InChI=1S/C11H19NO9/c1-4(14)12-7-5(15)2-11(20,10(18)19)21-9(7)8(17)6(16)3-13/h5-9,13,15-17,20H,2-3H2,1H3,(H,12,14)(H,18,19)/p-1/t5?,6-,7?,8-,9?,11?/m1/s1. The number of rotatable bonds is 5. The fourth-order valence-corrected chi connectivity index (χ4v) is 2.13. The molecule has 1 amide bonds. The molecule has 10 heteroatoms. The van der Waals surface area contributed by atoms with Crippen molar-refractivity contribution in [2.75, 3.05) is 6.61 Å². The second kappa shape index (κ2) is 6.64. The van der Waals surface area contributed by atoms with Gasteiger partial charge in [-0.1, -0.05) is 0 Å². The highest BCUT2D eigenvalue weighted by Crippen LogP contribution is 2.29. The van der Waals surface area contributed by atoms with E-state index in [1.165, 1.54) is 0 Å². The summed E-state index contributed by atoms with van der Waals surface area (Å²) in [4.78, 5) is 22.0. The molecular formula is C11H18NO9-. The van der Waals surface area contributed by atoms with Crippen molar-refractivity contribution < 1.29 is 45.0 Å². The topological polar surface area (TPSA) is 180 Å². The molecule has 0 aromatic carbocycles. The molecule has 6 atom stereocenters. The van der Waals surface area contributed by atoms with Gasteiger partial charge in [-0.15, -0.1) is 0 Å². The maximum Gasteiger partial charge on any atom is 0.217 e. The van der Waals surface area contributed by atoms with Crippen LogP contribution in [0.1, 0.15) is 13.3 Å². The van der Waals surface area contributed by atoms with E-state index in [-0.39, 0.29) is 0 Å². The second-order valence-electron chi connectivity index (χ2n) is 4.89. The van der Waals surface area contributed by atoms with Gasteiger partial charge in [0, 0.05) is 13.3 Å². The molecule has 0 radical (unpaired) electrons. The molecule has 0 saturated carbocycles. The Balaban J connectivity index is 3.07. The highest BCUT2D eigenvalue weighted by Gasteiger charge is 2.50. The molecule has 0 bridgehead atoms. The van der Waals surface area contributed by atoms with Crippen LogP contribution in [-0.4, -0.2) is 80.3 Å². The van der Waals surface area contributed by atoms with Crippen molar-refractivity contribution in [2.45, 2.75) is 49.6 Å². The van der Waals surface area contributed by atoms with Gasteiger partial charge in [-0.25, -0.2) is 0 Å². The van der Waals surface area contributed by atoms with Crippen LogP contribution >= 0.6 is 0 Å². The number of aliphatic hydroxyl groups excluding tert-OH is 4. The van der Waals surface area contributed by atoms with Crippen LogP contribution in [0.3, 0.4) is 0 Å². The molecule has 0 aliphatic carbocycles. The molecule has 1 heterocycles. The van der Waals surface area contributed by atoms with Crippen molar-refractivity contribution in [2.24, 2.45) is 0 Å². The minimum Gasteiger partial charge on any atom is -0.544 e. The van der Waals surface area contributed by atoms with Crippen LogP contribution in [-0.2, 0) is 14.3 Å². The van der Waals surface area contributed by atoms with E-state index in [1.807, 2.05) is 0 Å². The van der Waals surface area contributed by atoms with Crippen LogP contribution in [0.15, 0.2) is 0 Å². The molecule has 0 aromatic rings. The summed E-state index contributed by atoms with van der Waals surface area (Å²) in [6.07, 6.45) is -7.67. The third-order valence-corrected chi connectivity index (χ3v) is 3.19. The monoisotopic (exact) mass is 308 g/mol. The lowest BCUT2D eigenvalue weighted by atomic mass is 9.88. The first-order valence-electron chi connectivity index (χ1n) is 6.16. The Hall–Kier alpha value is -1.30. The number of carbonyl (C=O) groups excluding carboxylic acids is 2. The van der Waals surface area contributed by atoms with Crippen molar-refractivity contribution in [3.63, 3.8) is 0 Å². The van der Waals surface area contributed by atoms with Crippen molar-refractivity contribution in [3.8, 4) is 0 Å². The molecule has 1 aliphatic heterocycles. The number of carboxylic acid groups (broad SMARTS) is 1.